The van der Waals surface area contributed by atoms with Crippen molar-refractivity contribution >= 4 is 22.6 Å². The van der Waals surface area contributed by atoms with Crippen molar-refractivity contribution in [3.05, 3.63) is 30.3 Å². The highest BCUT2D eigenvalue weighted by molar-refractivity contribution is 5.89. The minimum absolute atomic E-state index is 0.241. The number of rotatable bonds is 3. The molecule has 2 aromatic rings. The summed E-state index contributed by atoms with van der Waals surface area (Å²) in [6, 6.07) is 4.99. The second-order valence-corrected chi connectivity index (χ2v) is 7.04. The van der Waals surface area contributed by atoms with Crippen LogP contribution in [0, 0.1) is 5.82 Å². The van der Waals surface area contributed by atoms with Gasteiger partial charge in [-0.1, -0.05) is 6.07 Å². The van der Waals surface area contributed by atoms with Crippen molar-refractivity contribution in [3.8, 4) is 0 Å². The van der Waals surface area contributed by atoms with Gasteiger partial charge in [0.25, 0.3) is 0 Å². The Morgan fingerprint density at radius 1 is 1.00 bits per heavy atom. The number of hydrogen-bond donors (Lipinski definition) is 0. The zero-order chi connectivity index (χ0) is 17.9. The molecule has 4 rings (SSSR count). The van der Waals surface area contributed by atoms with Crippen LogP contribution in [-0.4, -0.2) is 71.5 Å². The van der Waals surface area contributed by atoms with Gasteiger partial charge in [-0.25, -0.2) is 14.4 Å². The summed E-state index contributed by atoms with van der Waals surface area (Å²) in [5.74, 6) is 0.700. The summed E-state index contributed by atoms with van der Waals surface area (Å²) in [4.78, 5) is 27.3. The van der Waals surface area contributed by atoms with Crippen LogP contribution < -0.4 is 4.90 Å². The van der Waals surface area contributed by atoms with Gasteiger partial charge in [-0.2, -0.15) is 0 Å². The number of likely N-dealkylation sites (tertiary alicyclic amines) is 1. The molecular weight excluding hydrogens is 333 g/mol. The summed E-state index contributed by atoms with van der Waals surface area (Å²) in [5.41, 5.74) is 0.364. The molecule has 1 amide bonds. The molecule has 0 saturated carbocycles. The zero-order valence-electron chi connectivity index (χ0n) is 14.9. The molecule has 2 saturated heterocycles. The van der Waals surface area contributed by atoms with Crippen molar-refractivity contribution in [2.45, 2.75) is 19.3 Å². The van der Waals surface area contributed by atoms with Crippen molar-refractivity contribution < 1.29 is 9.18 Å². The van der Waals surface area contributed by atoms with Gasteiger partial charge in [0.2, 0.25) is 5.91 Å². The monoisotopic (exact) mass is 357 g/mol. The molecule has 2 fully saturated rings. The molecule has 138 valence electrons. The average Bonchev–Trinajstić information content (AvgIpc) is 3.10. The van der Waals surface area contributed by atoms with Crippen LogP contribution in [0.25, 0.3) is 10.9 Å². The third-order valence-corrected chi connectivity index (χ3v) is 5.30. The first kappa shape index (κ1) is 17.1. The van der Waals surface area contributed by atoms with Gasteiger partial charge in [-0.3, -0.25) is 9.69 Å². The number of aromatic nitrogens is 2. The fraction of sp³-hybridized carbons (Fsp3) is 0.526. The molecule has 2 aliphatic rings. The Hall–Kier alpha value is -2.28. The van der Waals surface area contributed by atoms with Crippen LogP contribution in [0.4, 0.5) is 10.2 Å². The van der Waals surface area contributed by atoms with Crippen LogP contribution in [0.5, 0.6) is 0 Å². The first-order valence-electron chi connectivity index (χ1n) is 9.37. The molecule has 0 bridgehead atoms. The molecule has 1 aromatic heterocycles. The van der Waals surface area contributed by atoms with Gasteiger partial charge in [0.05, 0.1) is 6.54 Å². The lowest BCUT2D eigenvalue weighted by atomic mass is 10.2. The van der Waals surface area contributed by atoms with E-state index in [4.69, 9.17) is 0 Å². The van der Waals surface area contributed by atoms with E-state index in [9.17, 15) is 9.18 Å². The SMILES string of the molecule is O=C(CN1CCCN(c2ncnc3c(F)cccc23)CC1)N1CCCC1. The third-order valence-electron chi connectivity index (χ3n) is 5.30. The Kier molecular flexibility index (Phi) is 4.97. The number of benzene rings is 1. The van der Waals surface area contributed by atoms with Crippen molar-refractivity contribution in [2.24, 2.45) is 0 Å². The number of fused-ring (bicyclic) bond motifs is 1. The molecule has 7 heteroatoms. The Morgan fingerprint density at radius 2 is 1.85 bits per heavy atom. The summed E-state index contributed by atoms with van der Waals surface area (Å²) in [6.45, 7) is 5.61. The van der Waals surface area contributed by atoms with Crippen molar-refractivity contribution in [2.75, 3.05) is 50.7 Å². The quantitative estimate of drug-likeness (QED) is 0.840. The van der Waals surface area contributed by atoms with E-state index in [-0.39, 0.29) is 11.7 Å². The van der Waals surface area contributed by atoms with Gasteiger partial charge >= 0.3 is 0 Å². The predicted molar refractivity (Wildman–Crippen MR) is 98.6 cm³/mol. The topological polar surface area (TPSA) is 52.6 Å². The molecule has 3 heterocycles. The van der Waals surface area contributed by atoms with E-state index in [1.807, 2.05) is 11.0 Å². The second-order valence-electron chi connectivity index (χ2n) is 7.04. The second kappa shape index (κ2) is 7.53. The minimum atomic E-state index is -0.321. The normalized spacial score (nSPS) is 19.1. The van der Waals surface area contributed by atoms with Crippen LogP contribution in [0.2, 0.25) is 0 Å². The Labute approximate surface area is 152 Å². The number of carbonyl (C=O) groups excluding carboxylic acids is 1. The van der Waals surface area contributed by atoms with Crippen LogP contribution in [-0.2, 0) is 4.79 Å². The number of nitrogens with zero attached hydrogens (tertiary/aromatic N) is 5. The maximum Gasteiger partial charge on any atom is 0.236 e. The molecule has 0 atom stereocenters. The van der Waals surface area contributed by atoms with Gasteiger partial charge in [0.1, 0.15) is 23.5 Å². The van der Waals surface area contributed by atoms with Gasteiger partial charge in [-0.05, 0) is 31.4 Å². The van der Waals surface area contributed by atoms with E-state index in [0.717, 1.165) is 69.7 Å². The van der Waals surface area contributed by atoms with Gasteiger partial charge in [-0.15, -0.1) is 0 Å². The smallest absolute Gasteiger partial charge is 0.236 e. The van der Waals surface area contributed by atoms with Crippen molar-refractivity contribution in [3.63, 3.8) is 0 Å². The standard InChI is InChI=1S/C19H24FN5O/c20-16-6-3-5-15-18(16)21-14-22-19(15)25-10-4-7-23(11-12-25)13-17(26)24-8-1-2-9-24/h3,5-6,14H,1-2,4,7-13H2. The van der Waals surface area contributed by atoms with Crippen molar-refractivity contribution in [1.82, 2.24) is 19.8 Å². The largest absolute Gasteiger partial charge is 0.355 e. The van der Waals surface area contributed by atoms with E-state index in [1.165, 1.54) is 12.4 Å². The molecule has 6 nitrogen and oxygen atoms in total. The van der Waals surface area contributed by atoms with Crippen LogP contribution >= 0.6 is 0 Å². The van der Waals surface area contributed by atoms with E-state index in [2.05, 4.69) is 19.8 Å². The number of halogens is 1. The Bertz CT molecular complexity index is 793. The molecule has 0 radical (unpaired) electrons. The summed E-state index contributed by atoms with van der Waals surface area (Å²) in [7, 11) is 0. The molecular formula is C19H24FN5O. The molecule has 0 aliphatic carbocycles. The minimum Gasteiger partial charge on any atom is -0.355 e. The summed E-state index contributed by atoms with van der Waals surface area (Å²) in [5, 5.41) is 0.745. The Balaban J connectivity index is 1.45. The van der Waals surface area contributed by atoms with Gasteiger partial charge < -0.3 is 9.80 Å². The predicted octanol–water partition coefficient (Wildman–Crippen LogP) is 1.90. The maximum atomic E-state index is 14.0. The van der Waals surface area contributed by atoms with E-state index in [0.29, 0.717) is 12.1 Å². The summed E-state index contributed by atoms with van der Waals surface area (Å²) < 4.78 is 14.0. The van der Waals surface area contributed by atoms with E-state index >= 15 is 0 Å². The van der Waals surface area contributed by atoms with Crippen molar-refractivity contribution in [1.29, 1.82) is 0 Å². The molecule has 0 spiro atoms. The molecule has 0 unspecified atom stereocenters. The third kappa shape index (κ3) is 3.49. The average molecular weight is 357 g/mol. The highest BCUT2D eigenvalue weighted by Crippen LogP contribution is 2.25. The number of hydrogen-bond acceptors (Lipinski definition) is 5. The number of anilines is 1. The van der Waals surface area contributed by atoms with Gasteiger partial charge in [0, 0.05) is 44.7 Å². The number of amides is 1. The van der Waals surface area contributed by atoms with Crippen LogP contribution in [0.15, 0.2) is 24.5 Å². The Morgan fingerprint density at radius 3 is 2.69 bits per heavy atom. The molecule has 1 aromatic carbocycles. The van der Waals surface area contributed by atoms with E-state index in [1.54, 1.807) is 6.07 Å². The highest BCUT2D eigenvalue weighted by atomic mass is 19.1. The first-order valence-corrected chi connectivity index (χ1v) is 9.37. The van der Waals surface area contributed by atoms with Crippen LogP contribution in [0.1, 0.15) is 19.3 Å². The molecule has 26 heavy (non-hydrogen) atoms. The summed E-state index contributed by atoms with van der Waals surface area (Å²) >= 11 is 0. The van der Waals surface area contributed by atoms with E-state index < -0.39 is 0 Å². The fourth-order valence-corrected chi connectivity index (χ4v) is 3.89. The van der Waals surface area contributed by atoms with Crippen LogP contribution in [0.3, 0.4) is 0 Å². The first-order chi connectivity index (χ1) is 12.7. The lowest BCUT2D eigenvalue weighted by Crippen LogP contribution is -2.40. The number of carbonyl (C=O) groups is 1. The lowest BCUT2D eigenvalue weighted by molar-refractivity contribution is -0.131. The zero-order valence-corrected chi connectivity index (χ0v) is 14.9. The molecule has 0 N–H and O–H groups in total. The number of para-hydroxylation sites is 1. The molecule has 2 aliphatic heterocycles. The fourth-order valence-electron chi connectivity index (χ4n) is 3.89. The lowest BCUT2D eigenvalue weighted by Gasteiger charge is -2.24. The summed E-state index contributed by atoms with van der Waals surface area (Å²) in [6.07, 6.45) is 4.63. The maximum absolute atomic E-state index is 14.0. The van der Waals surface area contributed by atoms with Gasteiger partial charge in [0.15, 0.2) is 0 Å². The highest BCUT2D eigenvalue weighted by Gasteiger charge is 2.23.